The molecular weight excluding hydrogens is 232 g/mol. The summed E-state index contributed by atoms with van der Waals surface area (Å²) in [4.78, 5) is 24.3. The molecule has 0 aromatic heterocycles. The monoisotopic (exact) mass is 242 g/mol. The number of hydrogen-bond acceptors (Lipinski definition) is 4. The van der Waals surface area contributed by atoms with Gasteiger partial charge in [0, 0.05) is 6.54 Å². The van der Waals surface area contributed by atoms with E-state index >= 15 is 0 Å². The predicted octanol–water partition coefficient (Wildman–Crippen LogP) is 1.21. The number of carbonyl (C=O) groups is 2. The van der Waals surface area contributed by atoms with Crippen LogP contribution >= 0.6 is 0 Å². The summed E-state index contributed by atoms with van der Waals surface area (Å²) in [6.07, 6.45) is 1.17. The van der Waals surface area contributed by atoms with E-state index in [4.69, 9.17) is 10.00 Å². The van der Waals surface area contributed by atoms with E-state index in [0.717, 1.165) is 4.90 Å². The maximum Gasteiger partial charge on any atom is 0.296 e. The highest BCUT2D eigenvalue weighted by Gasteiger charge is 2.31. The molecule has 0 N–H and O–H groups in total. The van der Waals surface area contributed by atoms with Crippen molar-refractivity contribution >= 4 is 11.8 Å². The molecule has 1 aliphatic rings. The molecule has 5 nitrogen and oxygen atoms in total. The molecule has 1 heterocycles. The lowest BCUT2D eigenvalue weighted by molar-refractivity contribution is -0.137. The predicted molar refractivity (Wildman–Crippen MR) is 62.3 cm³/mol. The van der Waals surface area contributed by atoms with Gasteiger partial charge in [0.05, 0.1) is 17.7 Å². The Labute approximate surface area is 104 Å². The Morgan fingerprint density at radius 3 is 2.44 bits per heavy atom. The third-order valence-electron chi connectivity index (χ3n) is 2.50. The molecular formula is C13H10N2O3. The Kier molecular flexibility index (Phi) is 3.11. The summed E-state index contributed by atoms with van der Waals surface area (Å²) in [7, 11) is 0. The van der Waals surface area contributed by atoms with Crippen LogP contribution in [-0.4, -0.2) is 23.3 Å². The number of nitriles is 1. The fourth-order valence-corrected chi connectivity index (χ4v) is 1.58. The highest BCUT2D eigenvalue weighted by atomic mass is 16.5. The van der Waals surface area contributed by atoms with E-state index in [0.29, 0.717) is 17.9 Å². The summed E-state index contributed by atoms with van der Waals surface area (Å²) in [6.45, 7) is 2.03. The van der Waals surface area contributed by atoms with Crippen molar-refractivity contribution in [1.29, 1.82) is 5.26 Å². The summed E-state index contributed by atoms with van der Waals surface area (Å²) in [6, 6.07) is 8.29. The number of rotatable bonds is 3. The molecule has 0 fully saturated rings. The molecule has 0 saturated carbocycles. The Morgan fingerprint density at radius 2 is 1.94 bits per heavy atom. The fourth-order valence-electron chi connectivity index (χ4n) is 1.58. The van der Waals surface area contributed by atoms with Crippen LogP contribution in [0, 0.1) is 11.3 Å². The van der Waals surface area contributed by atoms with Crippen molar-refractivity contribution in [1.82, 2.24) is 4.90 Å². The average molecular weight is 242 g/mol. The summed E-state index contributed by atoms with van der Waals surface area (Å²) in [5.74, 6) is -0.385. The van der Waals surface area contributed by atoms with Crippen LogP contribution in [0.1, 0.15) is 12.5 Å². The summed E-state index contributed by atoms with van der Waals surface area (Å²) in [5.41, 5.74) is 0.500. The Morgan fingerprint density at radius 1 is 1.28 bits per heavy atom. The number of ether oxygens (including phenoxy) is 1. The van der Waals surface area contributed by atoms with Gasteiger partial charge in [-0.2, -0.15) is 5.26 Å². The Balaban J connectivity index is 2.15. The van der Waals surface area contributed by atoms with Gasteiger partial charge in [0.15, 0.2) is 5.76 Å². The molecule has 0 radical (unpaired) electrons. The zero-order valence-electron chi connectivity index (χ0n) is 9.71. The van der Waals surface area contributed by atoms with E-state index in [1.54, 1.807) is 31.2 Å². The third-order valence-corrected chi connectivity index (χ3v) is 2.50. The van der Waals surface area contributed by atoms with E-state index < -0.39 is 5.91 Å². The number of imide groups is 1. The molecule has 2 amide bonds. The standard InChI is InChI=1S/C13H10N2O3/c1-2-15-12(16)7-11(13(15)17)18-10-5-3-9(8-14)4-6-10/h3-7H,2H2,1H3. The van der Waals surface area contributed by atoms with E-state index in [2.05, 4.69) is 0 Å². The first-order valence-corrected chi connectivity index (χ1v) is 5.41. The minimum atomic E-state index is -0.438. The molecule has 0 atom stereocenters. The molecule has 5 heteroatoms. The summed E-state index contributed by atoms with van der Waals surface area (Å²) in [5, 5.41) is 8.65. The van der Waals surface area contributed by atoms with Crippen molar-refractivity contribution in [2.75, 3.05) is 6.54 Å². The first kappa shape index (κ1) is 11.9. The highest BCUT2D eigenvalue weighted by molar-refractivity contribution is 6.15. The van der Waals surface area contributed by atoms with Crippen LogP contribution in [-0.2, 0) is 9.59 Å². The molecule has 1 aliphatic heterocycles. The average Bonchev–Trinajstić information content (AvgIpc) is 2.65. The smallest absolute Gasteiger partial charge is 0.296 e. The largest absolute Gasteiger partial charge is 0.451 e. The van der Waals surface area contributed by atoms with Crippen molar-refractivity contribution in [2.45, 2.75) is 6.92 Å². The van der Waals surface area contributed by atoms with Crippen molar-refractivity contribution in [2.24, 2.45) is 0 Å². The lowest BCUT2D eigenvalue weighted by Gasteiger charge is -2.11. The Hall–Kier alpha value is -2.61. The Bertz CT molecular complexity index is 567. The van der Waals surface area contributed by atoms with E-state index in [-0.39, 0.29) is 11.7 Å². The molecule has 0 unspecified atom stereocenters. The second-order valence-corrected chi connectivity index (χ2v) is 3.63. The van der Waals surface area contributed by atoms with Gasteiger partial charge in [0.25, 0.3) is 11.8 Å². The molecule has 18 heavy (non-hydrogen) atoms. The van der Waals surface area contributed by atoms with Crippen LogP contribution in [0.3, 0.4) is 0 Å². The van der Waals surface area contributed by atoms with Crippen LogP contribution in [0.25, 0.3) is 0 Å². The molecule has 0 bridgehead atoms. The quantitative estimate of drug-likeness (QED) is 0.747. The van der Waals surface area contributed by atoms with Gasteiger partial charge in [-0.25, -0.2) is 0 Å². The van der Waals surface area contributed by atoms with Gasteiger partial charge in [-0.15, -0.1) is 0 Å². The lowest BCUT2D eigenvalue weighted by atomic mass is 10.2. The molecule has 0 aliphatic carbocycles. The van der Waals surface area contributed by atoms with Gasteiger partial charge in [-0.1, -0.05) is 0 Å². The number of likely N-dealkylation sites (N-methyl/N-ethyl adjacent to an activating group) is 1. The first-order chi connectivity index (χ1) is 8.65. The number of benzene rings is 1. The van der Waals surface area contributed by atoms with Crippen LogP contribution in [0.5, 0.6) is 5.75 Å². The van der Waals surface area contributed by atoms with Crippen LogP contribution in [0.4, 0.5) is 0 Å². The maximum atomic E-state index is 11.7. The topological polar surface area (TPSA) is 70.4 Å². The number of nitrogens with zero attached hydrogens (tertiary/aromatic N) is 2. The normalized spacial score (nSPS) is 14.4. The molecule has 1 aromatic rings. The van der Waals surface area contributed by atoms with Crippen molar-refractivity contribution < 1.29 is 14.3 Å². The van der Waals surface area contributed by atoms with Gasteiger partial charge in [0.1, 0.15) is 5.75 Å². The van der Waals surface area contributed by atoms with Crippen molar-refractivity contribution in [3.05, 3.63) is 41.7 Å². The third kappa shape index (κ3) is 2.09. The van der Waals surface area contributed by atoms with Crippen molar-refractivity contribution in [3.8, 4) is 11.8 Å². The summed E-state index contributed by atoms with van der Waals surface area (Å²) < 4.78 is 5.33. The number of amides is 2. The minimum Gasteiger partial charge on any atom is -0.451 e. The van der Waals surface area contributed by atoms with Gasteiger partial charge in [-0.3, -0.25) is 14.5 Å². The van der Waals surface area contributed by atoms with Crippen LogP contribution in [0.15, 0.2) is 36.1 Å². The van der Waals surface area contributed by atoms with E-state index in [1.165, 1.54) is 6.08 Å². The number of hydrogen-bond donors (Lipinski definition) is 0. The fraction of sp³-hybridized carbons (Fsp3) is 0.154. The number of carbonyl (C=O) groups excluding carboxylic acids is 2. The zero-order valence-corrected chi connectivity index (χ0v) is 9.71. The molecule has 1 aromatic carbocycles. The molecule has 0 spiro atoms. The highest BCUT2D eigenvalue weighted by Crippen LogP contribution is 2.19. The van der Waals surface area contributed by atoms with Crippen molar-refractivity contribution in [3.63, 3.8) is 0 Å². The van der Waals surface area contributed by atoms with Crippen LogP contribution < -0.4 is 4.74 Å². The molecule has 0 saturated heterocycles. The first-order valence-electron chi connectivity index (χ1n) is 5.41. The maximum absolute atomic E-state index is 11.7. The molecule has 90 valence electrons. The second-order valence-electron chi connectivity index (χ2n) is 3.63. The lowest BCUT2D eigenvalue weighted by Crippen LogP contribution is -2.31. The second kappa shape index (κ2) is 4.72. The van der Waals surface area contributed by atoms with Gasteiger partial charge in [-0.05, 0) is 31.2 Å². The minimum absolute atomic E-state index is 0.00607. The molecule has 2 rings (SSSR count). The SMILES string of the molecule is CCN1C(=O)C=C(Oc2ccc(C#N)cc2)C1=O. The van der Waals surface area contributed by atoms with Gasteiger partial charge >= 0.3 is 0 Å². The zero-order chi connectivity index (χ0) is 13.1. The van der Waals surface area contributed by atoms with Gasteiger partial charge < -0.3 is 4.74 Å². The van der Waals surface area contributed by atoms with Crippen LogP contribution in [0.2, 0.25) is 0 Å². The van der Waals surface area contributed by atoms with Gasteiger partial charge in [0.2, 0.25) is 0 Å². The van der Waals surface area contributed by atoms with E-state index in [9.17, 15) is 9.59 Å². The van der Waals surface area contributed by atoms with E-state index in [1.807, 2.05) is 6.07 Å². The summed E-state index contributed by atoms with van der Waals surface area (Å²) >= 11 is 0.